The van der Waals surface area contributed by atoms with Crippen molar-refractivity contribution in [3.8, 4) is 0 Å². The van der Waals surface area contributed by atoms with Gasteiger partial charge >= 0.3 is 6.03 Å². The van der Waals surface area contributed by atoms with E-state index in [9.17, 15) is 4.79 Å². The minimum atomic E-state index is -0.170. The fourth-order valence-corrected chi connectivity index (χ4v) is 4.53. The third-order valence-electron chi connectivity index (χ3n) is 5.30. The topological polar surface area (TPSA) is 73.4 Å². The molecule has 7 nitrogen and oxygen atoms in total. The van der Waals surface area contributed by atoms with Gasteiger partial charge in [0.1, 0.15) is 5.82 Å². The van der Waals surface area contributed by atoms with Crippen LogP contribution in [0.3, 0.4) is 0 Å². The first-order chi connectivity index (χ1) is 13.6. The van der Waals surface area contributed by atoms with Gasteiger partial charge in [0.25, 0.3) is 0 Å². The van der Waals surface area contributed by atoms with Gasteiger partial charge in [-0.05, 0) is 50.7 Å². The summed E-state index contributed by atoms with van der Waals surface area (Å²) in [6.07, 6.45) is 4.41. The highest BCUT2D eigenvalue weighted by Crippen LogP contribution is 2.31. The van der Waals surface area contributed by atoms with Crippen LogP contribution >= 0.6 is 11.3 Å². The zero-order valence-electron chi connectivity index (χ0n) is 16.6. The average Bonchev–Trinajstić information content (AvgIpc) is 3.07. The summed E-state index contributed by atoms with van der Waals surface area (Å²) in [6, 6.07) is 3.97. The number of pyridine rings is 1. The number of thiazole rings is 1. The van der Waals surface area contributed by atoms with Gasteiger partial charge < -0.3 is 10.2 Å². The number of fused-ring (bicyclic) bond motifs is 1. The average molecular weight is 401 g/mol. The summed E-state index contributed by atoms with van der Waals surface area (Å²) in [6.45, 7) is 7.80. The minimum Gasteiger partial charge on any atom is -0.382 e. The molecule has 0 bridgehead atoms. The second kappa shape index (κ2) is 8.34. The maximum atomic E-state index is 13.0. The standard InChI is InChI=1S/C20H28N6OS/c1-14-6-5-10-25(12-14)17-8-7-16-18(23-17)26(11-4-3-9-21-16)20(27)24-19-22-15(2)13-28-19/h7-8,13-14,21H,3-6,9-12H2,1-2H3,(H,22,24,27). The fourth-order valence-electron chi connectivity index (χ4n) is 3.85. The lowest BCUT2D eigenvalue weighted by molar-refractivity contribution is 0.256. The lowest BCUT2D eigenvalue weighted by Crippen LogP contribution is -2.39. The van der Waals surface area contributed by atoms with E-state index in [-0.39, 0.29) is 6.03 Å². The van der Waals surface area contributed by atoms with Crippen LogP contribution in [0.4, 0.5) is 27.2 Å². The van der Waals surface area contributed by atoms with Gasteiger partial charge in [-0.15, -0.1) is 11.3 Å². The van der Waals surface area contributed by atoms with Gasteiger partial charge in [0, 0.05) is 31.6 Å². The van der Waals surface area contributed by atoms with Crippen LogP contribution in [0.5, 0.6) is 0 Å². The van der Waals surface area contributed by atoms with Gasteiger partial charge in [-0.1, -0.05) is 6.92 Å². The zero-order chi connectivity index (χ0) is 19.5. The Morgan fingerprint density at radius 3 is 2.93 bits per heavy atom. The number of carbonyl (C=O) groups is 1. The van der Waals surface area contributed by atoms with E-state index in [1.54, 1.807) is 4.90 Å². The molecule has 2 amide bonds. The van der Waals surface area contributed by atoms with Crippen molar-refractivity contribution in [3.05, 3.63) is 23.2 Å². The van der Waals surface area contributed by atoms with Crippen molar-refractivity contribution >= 4 is 39.8 Å². The summed E-state index contributed by atoms with van der Waals surface area (Å²) < 4.78 is 0. The molecule has 0 radical (unpaired) electrons. The van der Waals surface area contributed by atoms with Crippen molar-refractivity contribution in [2.75, 3.05) is 46.6 Å². The summed E-state index contributed by atoms with van der Waals surface area (Å²) >= 11 is 1.44. The number of piperidine rings is 1. The predicted octanol–water partition coefficient (Wildman–Crippen LogP) is 4.33. The summed E-state index contributed by atoms with van der Waals surface area (Å²) in [4.78, 5) is 26.4. The highest BCUT2D eigenvalue weighted by atomic mass is 32.1. The highest BCUT2D eigenvalue weighted by molar-refractivity contribution is 7.13. The first-order valence-corrected chi connectivity index (χ1v) is 11.0. The Balaban J connectivity index is 1.62. The molecule has 2 N–H and O–H groups in total. The monoisotopic (exact) mass is 400 g/mol. The first-order valence-electron chi connectivity index (χ1n) is 10.1. The molecule has 0 aromatic carbocycles. The van der Waals surface area contributed by atoms with Crippen molar-refractivity contribution in [2.24, 2.45) is 5.92 Å². The molecule has 0 spiro atoms. The lowest BCUT2D eigenvalue weighted by atomic mass is 10.0. The molecule has 2 aromatic heterocycles. The molecule has 150 valence electrons. The summed E-state index contributed by atoms with van der Waals surface area (Å²) in [7, 11) is 0. The Kier molecular flexibility index (Phi) is 5.66. The molecule has 1 unspecified atom stereocenters. The Hall–Kier alpha value is -2.35. The number of aryl methyl sites for hydroxylation is 1. The summed E-state index contributed by atoms with van der Waals surface area (Å²) in [5, 5.41) is 8.94. The van der Waals surface area contributed by atoms with Crippen LogP contribution < -0.4 is 20.4 Å². The SMILES string of the molecule is Cc1csc(NC(=O)N2CCCCNc3ccc(N4CCCC(C)C4)nc32)n1. The van der Waals surface area contributed by atoms with E-state index in [0.29, 0.717) is 23.4 Å². The Labute approximate surface area is 170 Å². The van der Waals surface area contributed by atoms with Gasteiger partial charge in [0.05, 0.1) is 11.4 Å². The molecule has 2 aliphatic heterocycles. The number of nitrogens with one attached hydrogen (secondary N) is 2. The number of carbonyl (C=O) groups excluding carboxylic acids is 1. The summed E-state index contributed by atoms with van der Waals surface area (Å²) in [5.74, 6) is 2.33. The van der Waals surface area contributed by atoms with Gasteiger partial charge in [-0.3, -0.25) is 10.2 Å². The predicted molar refractivity (Wildman–Crippen MR) is 116 cm³/mol. The van der Waals surface area contributed by atoms with E-state index in [0.717, 1.165) is 49.7 Å². The third-order valence-corrected chi connectivity index (χ3v) is 6.17. The molecule has 0 saturated carbocycles. The third kappa shape index (κ3) is 4.22. The molecule has 2 aliphatic rings. The molecule has 4 heterocycles. The summed E-state index contributed by atoms with van der Waals surface area (Å²) in [5.41, 5.74) is 1.83. The quantitative estimate of drug-likeness (QED) is 0.785. The molecule has 0 aliphatic carbocycles. The van der Waals surface area contributed by atoms with Crippen molar-refractivity contribution < 1.29 is 4.79 Å². The molecule has 8 heteroatoms. The molecule has 4 rings (SSSR count). The maximum Gasteiger partial charge on any atom is 0.329 e. The van der Waals surface area contributed by atoms with Gasteiger partial charge in [0.15, 0.2) is 10.9 Å². The Bertz CT molecular complexity index is 838. The zero-order valence-corrected chi connectivity index (χ0v) is 17.4. The van der Waals surface area contributed by atoms with Gasteiger partial charge in [-0.2, -0.15) is 0 Å². The van der Waals surface area contributed by atoms with Crippen LogP contribution in [-0.2, 0) is 0 Å². The number of aromatic nitrogens is 2. The molecule has 28 heavy (non-hydrogen) atoms. The number of hydrogen-bond donors (Lipinski definition) is 2. The fraction of sp³-hybridized carbons (Fsp3) is 0.550. The van der Waals surface area contributed by atoms with Crippen LogP contribution in [0.25, 0.3) is 0 Å². The van der Waals surface area contributed by atoms with Crippen LogP contribution in [0.2, 0.25) is 0 Å². The normalized spacial score (nSPS) is 20.0. The number of nitrogens with zero attached hydrogens (tertiary/aromatic N) is 4. The van der Waals surface area contributed by atoms with Crippen molar-refractivity contribution in [1.29, 1.82) is 0 Å². The number of amides is 2. The number of anilines is 4. The van der Waals surface area contributed by atoms with Crippen LogP contribution in [-0.4, -0.2) is 42.2 Å². The molecular weight excluding hydrogens is 372 g/mol. The first kappa shape index (κ1) is 19.0. The highest BCUT2D eigenvalue weighted by Gasteiger charge is 2.25. The van der Waals surface area contributed by atoms with E-state index in [1.807, 2.05) is 12.3 Å². The smallest absolute Gasteiger partial charge is 0.329 e. The van der Waals surface area contributed by atoms with E-state index >= 15 is 0 Å². The Morgan fingerprint density at radius 2 is 2.14 bits per heavy atom. The number of urea groups is 1. The van der Waals surface area contributed by atoms with Gasteiger partial charge in [-0.25, -0.2) is 14.8 Å². The lowest BCUT2D eigenvalue weighted by Gasteiger charge is -2.33. The molecular formula is C20H28N6OS. The van der Waals surface area contributed by atoms with E-state index in [4.69, 9.17) is 4.98 Å². The van der Waals surface area contributed by atoms with Crippen molar-refractivity contribution in [2.45, 2.75) is 39.5 Å². The minimum absolute atomic E-state index is 0.170. The van der Waals surface area contributed by atoms with Crippen molar-refractivity contribution in [3.63, 3.8) is 0 Å². The van der Waals surface area contributed by atoms with Crippen LogP contribution in [0, 0.1) is 12.8 Å². The number of rotatable bonds is 2. The largest absolute Gasteiger partial charge is 0.382 e. The van der Waals surface area contributed by atoms with E-state index in [1.165, 1.54) is 24.2 Å². The van der Waals surface area contributed by atoms with E-state index in [2.05, 4.69) is 39.6 Å². The van der Waals surface area contributed by atoms with Gasteiger partial charge in [0.2, 0.25) is 0 Å². The maximum absolute atomic E-state index is 13.0. The van der Waals surface area contributed by atoms with Crippen LogP contribution in [0.15, 0.2) is 17.5 Å². The second-order valence-corrected chi connectivity index (χ2v) is 8.60. The molecule has 1 fully saturated rings. The van der Waals surface area contributed by atoms with Crippen molar-refractivity contribution in [1.82, 2.24) is 9.97 Å². The molecule has 1 saturated heterocycles. The Morgan fingerprint density at radius 1 is 1.25 bits per heavy atom. The number of hydrogen-bond acceptors (Lipinski definition) is 6. The van der Waals surface area contributed by atoms with Crippen LogP contribution in [0.1, 0.15) is 38.3 Å². The molecule has 1 atom stereocenters. The second-order valence-electron chi connectivity index (χ2n) is 7.74. The van der Waals surface area contributed by atoms with E-state index < -0.39 is 0 Å². The molecule has 2 aromatic rings.